The summed E-state index contributed by atoms with van der Waals surface area (Å²) in [6.45, 7) is 1.80. The fourth-order valence-corrected chi connectivity index (χ4v) is 2.48. The Morgan fingerprint density at radius 1 is 1.12 bits per heavy atom. The van der Waals surface area contributed by atoms with Gasteiger partial charge >= 0.3 is 0 Å². The number of hydrogen-bond donors (Lipinski definition) is 1. The highest BCUT2D eigenvalue weighted by Gasteiger charge is 2.26. The van der Waals surface area contributed by atoms with E-state index < -0.39 is 0 Å². The van der Waals surface area contributed by atoms with Gasteiger partial charge in [-0.3, -0.25) is 0 Å². The Hall–Kier alpha value is -0.860. The van der Waals surface area contributed by atoms with Crippen molar-refractivity contribution in [1.82, 2.24) is 0 Å². The van der Waals surface area contributed by atoms with Crippen LogP contribution in [0.25, 0.3) is 0 Å². The van der Waals surface area contributed by atoms with E-state index in [1.807, 2.05) is 18.2 Å². The Bertz CT molecular complexity index is 297. The number of aliphatic hydroxyl groups excluding tert-OH is 1. The van der Waals surface area contributed by atoms with Crippen molar-refractivity contribution in [3.05, 3.63) is 35.9 Å². The molecule has 2 nitrogen and oxygen atoms in total. The molecule has 2 atom stereocenters. The van der Waals surface area contributed by atoms with Crippen molar-refractivity contribution in [3.63, 3.8) is 0 Å². The summed E-state index contributed by atoms with van der Waals surface area (Å²) in [7, 11) is 0. The largest absolute Gasteiger partial charge is 0.396 e. The summed E-state index contributed by atoms with van der Waals surface area (Å²) in [6, 6.07) is 10.2. The Morgan fingerprint density at radius 3 is 2.62 bits per heavy atom. The quantitative estimate of drug-likeness (QED) is 0.826. The van der Waals surface area contributed by atoms with Crippen molar-refractivity contribution in [2.24, 2.45) is 11.8 Å². The van der Waals surface area contributed by atoms with Crippen LogP contribution in [0.4, 0.5) is 0 Å². The molecule has 0 amide bonds. The molecule has 2 rings (SSSR count). The third-order valence-corrected chi connectivity index (χ3v) is 3.49. The maximum absolute atomic E-state index is 9.20. The van der Waals surface area contributed by atoms with E-state index >= 15 is 0 Å². The van der Waals surface area contributed by atoms with Crippen molar-refractivity contribution >= 4 is 0 Å². The Kier molecular flexibility index (Phi) is 4.37. The molecule has 1 aliphatic carbocycles. The zero-order valence-corrected chi connectivity index (χ0v) is 9.64. The van der Waals surface area contributed by atoms with Crippen LogP contribution >= 0.6 is 0 Å². The summed E-state index contributed by atoms with van der Waals surface area (Å²) in [5.41, 5.74) is 1.22. The lowest BCUT2D eigenvalue weighted by molar-refractivity contribution is 0.0609. The molecule has 2 unspecified atom stereocenters. The first-order valence-corrected chi connectivity index (χ1v) is 6.12. The minimum atomic E-state index is 0.319. The highest BCUT2D eigenvalue weighted by atomic mass is 16.5. The van der Waals surface area contributed by atoms with Crippen molar-refractivity contribution in [2.45, 2.75) is 25.9 Å². The summed E-state index contributed by atoms with van der Waals surface area (Å²) in [5, 5.41) is 9.20. The lowest BCUT2D eigenvalue weighted by Crippen LogP contribution is -2.17. The standard InChI is InChI=1S/C14H20O2/c15-9-13-7-4-8-14(13)11-16-10-12-5-2-1-3-6-12/h1-3,5-6,13-15H,4,7-11H2. The highest BCUT2D eigenvalue weighted by molar-refractivity contribution is 5.13. The maximum Gasteiger partial charge on any atom is 0.0717 e. The molecular formula is C14H20O2. The van der Waals surface area contributed by atoms with Gasteiger partial charge in [-0.15, -0.1) is 0 Å². The molecule has 1 aromatic rings. The highest BCUT2D eigenvalue weighted by Crippen LogP contribution is 2.31. The molecule has 16 heavy (non-hydrogen) atoms. The van der Waals surface area contributed by atoms with Crippen molar-refractivity contribution in [1.29, 1.82) is 0 Å². The molecule has 0 spiro atoms. The van der Waals surface area contributed by atoms with Crippen LogP contribution in [0.1, 0.15) is 24.8 Å². The maximum atomic E-state index is 9.20. The van der Waals surface area contributed by atoms with Gasteiger partial charge in [0.15, 0.2) is 0 Å². The molecule has 0 radical (unpaired) electrons. The van der Waals surface area contributed by atoms with E-state index in [1.54, 1.807) is 0 Å². The average molecular weight is 220 g/mol. The number of benzene rings is 1. The smallest absolute Gasteiger partial charge is 0.0717 e. The fraction of sp³-hybridized carbons (Fsp3) is 0.571. The molecule has 0 aliphatic heterocycles. The topological polar surface area (TPSA) is 29.5 Å². The van der Waals surface area contributed by atoms with E-state index in [4.69, 9.17) is 4.74 Å². The van der Waals surface area contributed by atoms with Gasteiger partial charge in [-0.25, -0.2) is 0 Å². The summed E-state index contributed by atoms with van der Waals surface area (Å²) in [6.07, 6.45) is 3.61. The molecule has 1 aliphatic rings. The lowest BCUT2D eigenvalue weighted by Gasteiger charge is -2.17. The second-order valence-electron chi connectivity index (χ2n) is 4.63. The third kappa shape index (κ3) is 3.06. The van der Waals surface area contributed by atoms with Gasteiger partial charge in [-0.2, -0.15) is 0 Å². The predicted octanol–water partition coefficient (Wildman–Crippen LogP) is 2.61. The minimum Gasteiger partial charge on any atom is -0.396 e. The molecule has 1 N–H and O–H groups in total. The van der Waals surface area contributed by atoms with Crippen molar-refractivity contribution in [2.75, 3.05) is 13.2 Å². The van der Waals surface area contributed by atoms with Crippen LogP contribution in [0.5, 0.6) is 0 Å². The SMILES string of the molecule is OCC1CCCC1COCc1ccccc1. The summed E-state index contributed by atoms with van der Waals surface area (Å²) in [4.78, 5) is 0. The van der Waals surface area contributed by atoms with Gasteiger partial charge in [-0.05, 0) is 30.2 Å². The molecule has 1 fully saturated rings. The van der Waals surface area contributed by atoms with E-state index in [-0.39, 0.29) is 0 Å². The number of aliphatic hydroxyl groups is 1. The molecular weight excluding hydrogens is 200 g/mol. The Balaban J connectivity index is 1.72. The Morgan fingerprint density at radius 2 is 1.88 bits per heavy atom. The van der Waals surface area contributed by atoms with Gasteiger partial charge in [0.1, 0.15) is 0 Å². The van der Waals surface area contributed by atoms with Crippen LogP contribution in [0, 0.1) is 11.8 Å². The first-order chi connectivity index (χ1) is 7.90. The molecule has 0 saturated heterocycles. The summed E-state index contributed by atoms with van der Waals surface area (Å²) >= 11 is 0. The third-order valence-electron chi connectivity index (χ3n) is 3.49. The van der Waals surface area contributed by atoms with E-state index in [0.717, 1.165) is 13.0 Å². The van der Waals surface area contributed by atoms with Gasteiger partial charge in [-0.1, -0.05) is 36.8 Å². The monoisotopic (exact) mass is 220 g/mol. The van der Waals surface area contributed by atoms with Crippen LogP contribution in [0.15, 0.2) is 30.3 Å². The zero-order chi connectivity index (χ0) is 11.2. The van der Waals surface area contributed by atoms with Crippen LogP contribution in [0.2, 0.25) is 0 Å². The normalized spacial score (nSPS) is 24.8. The van der Waals surface area contributed by atoms with Crippen LogP contribution < -0.4 is 0 Å². The molecule has 88 valence electrons. The lowest BCUT2D eigenvalue weighted by atomic mass is 9.98. The molecule has 1 saturated carbocycles. The van der Waals surface area contributed by atoms with Crippen LogP contribution in [-0.4, -0.2) is 18.3 Å². The number of rotatable bonds is 5. The summed E-state index contributed by atoms with van der Waals surface area (Å²) < 4.78 is 5.72. The molecule has 1 aromatic carbocycles. The van der Waals surface area contributed by atoms with Gasteiger partial charge in [0.25, 0.3) is 0 Å². The summed E-state index contributed by atoms with van der Waals surface area (Å²) in [5.74, 6) is 1.03. The van der Waals surface area contributed by atoms with Crippen LogP contribution in [-0.2, 0) is 11.3 Å². The van der Waals surface area contributed by atoms with E-state index in [2.05, 4.69) is 12.1 Å². The second-order valence-corrected chi connectivity index (χ2v) is 4.63. The van der Waals surface area contributed by atoms with E-state index in [1.165, 1.54) is 18.4 Å². The number of ether oxygens (including phenoxy) is 1. The van der Waals surface area contributed by atoms with Crippen LogP contribution in [0.3, 0.4) is 0 Å². The number of hydrogen-bond acceptors (Lipinski definition) is 2. The predicted molar refractivity (Wildman–Crippen MR) is 64.0 cm³/mol. The van der Waals surface area contributed by atoms with Crippen molar-refractivity contribution in [3.8, 4) is 0 Å². The van der Waals surface area contributed by atoms with E-state index in [0.29, 0.717) is 25.0 Å². The Labute approximate surface area is 97.3 Å². The molecule has 2 heteroatoms. The molecule has 0 bridgehead atoms. The second kappa shape index (κ2) is 6.02. The average Bonchev–Trinajstić information content (AvgIpc) is 2.78. The minimum absolute atomic E-state index is 0.319. The fourth-order valence-electron chi connectivity index (χ4n) is 2.48. The molecule has 0 aromatic heterocycles. The first-order valence-electron chi connectivity index (χ1n) is 6.12. The molecule has 0 heterocycles. The van der Waals surface area contributed by atoms with Crippen molar-refractivity contribution < 1.29 is 9.84 Å². The van der Waals surface area contributed by atoms with Gasteiger partial charge < -0.3 is 9.84 Å². The van der Waals surface area contributed by atoms with Gasteiger partial charge in [0.05, 0.1) is 13.2 Å². The first kappa shape index (κ1) is 11.6. The zero-order valence-electron chi connectivity index (χ0n) is 9.64. The van der Waals surface area contributed by atoms with Gasteiger partial charge in [0.2, 0.25) is 0 Å². The van der Waals surface area contributed by atoms with Gasteiger partial charge in [0, 0.05) is 6.61 Å². The van der Waals surface area contributed by atoms with E-state index in [9.17, 15) is 5.11 Å².